The molecule has 3 heterocycles. The lowest BCUT2D eigenvalue weighted by atomic mass is 10.2. The van der Waals surface area contributed by atoms with Crippen LogP contribution in [0.1, 0.15) is 11.3 Å². The summed E-state index contributed by atoms with van der Waals surface area (Å²) in [6.07, 6.45) is 3.36. The van der Waals surface area contributed by atoms with Gasteiger partial charge in [0.1, 0.15) is 17.2 Å². The molecular weight excluding hydrogens is 344 g/mol. The van der Waals surface area contributed by atoms with Crippen LogP contribution in [0.4, 0.5) is 0 Å². The first kappa shape index (κ1) is 15.2. The third kappa shape index (κ3) is 3.16. The van der Waals surface area contributed by atoms with Crippen molar-refractivity contribution in [2.75, 3.05) is 0 Å². The molecule has 0 aliphatic rings. The molecule has 0 saturated heterocycles. The topological polar surface area (TPSA) is 56.7 Å². The molecule has 0 saturated carbocycles. The minimum Gasteiger partial charge on any atom is -0.467 e. The lowest BCUT2D eigenvalue weighted by Crippen LogP contribution is -1.99. The van der Waals surface area contributed by atoms with Gasteiger partial charge in [0.15, 0.2) is 5.16 Å². The van der Waals surface area contributed by atoms with Crippen molar-refractivity contribution in [2.45, 2.75) is 17.5 Å². The summed E-state index contributed by atoms with van der Waals surface area (Å²) in [6, 6.07) is 13.8. The Hall–Kier alpha value is -2.31. The molecule has 5 nitrogen and oxygen atoms in total. The Morgan fingerprint density at radius 3 is 2.96 bits per heavy atom. The number of aromatic nitrogens is 4. The molecule has 24 heavy (non-hydrogen) atoms. The number of pyridine rings is 1. The van der Waals surface area contributed by atoms with Gasteiger partial charge >= 0.3 is 0 Å². The summed E-state index contributed by atoms with van der Waals surface area (Å²) < 4.78 is 7.33. The molecule has 0 unspecified atom stereocenters. The highest BCUT2D eigenvalue weighted by Crippen LogP contribution is 2.27. The standard InChI is InChI=1S/C17H13ClN4OS/c18-16-13(8-12-4-1-2-6-15(12)20-16)10-24-17-21-19-11-22(17)9-14-5-3-7-23-14/h1-8,11H,9-10H2. The number of benzene rings is 1. The molecule has 0 spiro atoms. The fraction of sp³-hybridized carbons (Fsp3) is 0.118. The summed E-state index contributed by atoms with van der Waals surface area (Å²) in [5.74, 6) is 1.54. The third-order valence-electron chi connectivity index (χ3n) is 3.59. The number of furan rings is 1. The molecule has 0 amide bonds. The number of thioether (sulfide) groups is 1. The quantitative estimate of drug-likeness (QED) is 0.391. The van der Waals surface area contributed by atoms with Crippen molar-refractivity contribution < 1.29 is 4.42 Å². The van der Waals surface area contributed by atoms with Crippen molar-refractivity contribution in [1.82, 2.24) is 19.7 Å². The van der Waals surface area contributed by atoms with Crippen molar-refractivity contribution in [3.63, 3.8) is 0 Å². The molecule has 7 heteroatoms. The zero-order chi connectivity index (χ0) is 16.4. The van der Waals surface area contributed by atoms with Crippen molar-refractivity contribution in [3.8, 4) is 0 Å². The molecule has 0 radical (unpaired) electrons. The normalized spacial score (nSPS) is 11.2. The molecule has 120 valence electrons. The van der Waals surface area contributed by atoms with Gasteiger partial charge in [0.25, 0.3) is 0 Å². The van der Waals surface area contributed by atoms with Gasteiger partial charge in [0, 0.05) is 16.7 Å². The summed E-state index contributed by atoms with van der Waals surface area (Å²) in [5, 5.41) is 10.6. The zero-order valence-electron chi connectivity index (χ0n) is 12.6. The average molecular weight is 357 g/mol. The first-order valence-corrected chi connectivity index (χ1v) is 8.73. The molecule has 0 bridgehead atoms. The lowest BCUT2D eigenvalue weighted by molar-refractivity contribution is 0.484. The monoisotopic (exact) mass is 356 g/mol. The summed E-state index contributed by atoms with van der Waals surface area (Å²) in [6.45, 7) is 0.603. The van der Waals surface area contributed by atoms with Gasteiger partial charge in [-0.25, -0.2) is 4.98 Å². The van der Waals surface area contributed by atoms with E-state index in [9.17, 15) is 0 Å². The Bertz CT molecular complexity index is 968. The largest absolute Gasteiger partial charge is 0.467 e. The molecule has 0 N–H and O–H groups in total. The maximum atomic E-state index is 6.32. The molecule has 0 aliphatic carbocycles. The highest BCUT2D eigenvalue weighted by atomic mass is 35.5. The third-order valence-corrected chi connectivity index (χ3v) is 4.95. The van der Waals surface area contributed by atoms with E-state index in [1.165, 1.54) is 0 Å². The van der Waals surface area contributed by atoms with Crippen LogP contribution in [0.25, 0.3) is 10.9 Å². The van der Waals surface area contributed by atoms with Crippen molar-refractivity contribution in [3.05, 3.63) is 71.5 Å². The van der Waals surface area contributed by atoms with E-state index in [2.05, 4.69) is 21.2 Å². The summed E-state index contributed by atoms with van der Waals surface area (Å²) in [4.78, 5) is 4.45. The Balaban J connectivity index is 1.53. The molecule has 1 aromatic carbocycles. The molecule has 4 aromatic rings. The minimum absolute atomic E-state index is 0.526. The van der Waals surface area contributed by atoms with Crippen molar-refractivity contribution in [1.29, 1.82) is 0 Å². The lowest BCUT2D eigenvalue weighted by Gasteiger charge is -2.07. The van der Waals surface area contributed by atoms with Gasteiger partial charge in [0.2, 0.25) is 0 Å². The molecule has 0 fully saturated rings. The van der Waals surface area contributed by atoms with Gasteiger partial charge in [-0.1, -0.05) is 41.6 Å². The van der Waals surface area contributed by atoms with Crippen LogP contribution < -0.4 is 0 Å². The second kappa shape index (κ2) is 6.67. The second-order valence-corrected chi connectivity index (χ2v) is 6.54. The predicted molar refractivity (Wildman–Crippen MR) is 94.1 cm³/mol. The number of halogens is 1. The van der Waals surface area contributed by atoms with Crippen LogP contribution in [0.15, 0.2) is 64.6 Å². The maximum absolute atomic E-state index is 6.32. The van der Waals surface area contributed by atoms with Crippen LogP contribution in [-0.2, 0) is 12.3 Å². The molecular formula is C17H13ClN4OS. The number of hydrogen-bond donors (Lipinski definition) is 0. The van der Waals surface area contributed by atoms with Crippen molar-refractivity contribution in [2.24, 2.45) is 0 Å². The fourth-order valence-corrected chi connectivity index (χ4v) is 3.59. The van der Waals surface area contributed by atoms with Gasteiger partial charge in [-0.2, -0.15) is 0 Å². The van der Waals surface area contributed by atoms with Gasteiger partial charge < -0.3 is 8.98 Å². The van der Waals surface area contributed by atoms with E-state index in [1.54, 1.807) is 24.4 Å². The van der Waals surface area contributed by atoms with E-state index in [1.807, 2.05) is 41.0 Å². The minimum atomic E-state index is 0.526. The Kier molecular flexibility index (Phi) is 4.23. The summed E-state index contributed by atoms with van der Waals surface area (Å²) in [7, 11) is 0. The molecule has 0 aliphatic heterocycles. The number of rotatable bonds is 5. The van der Waals surface area contributed by atoms with Crippen LogP contribution in [0.3, 0.4) is 0 Å². The van der Waals surface area contributed by atoms with Crippen molar-refractivity contribution >= 4 is 34.3 Å². The van der Waals surface area contributed by atoms with Crippen LogP contribution in [-0.4, -0.2) is 19.7 Å². The van der Waals surface area contributed by atoms with Crippen LogP contribution in [0.2, 0.25) is 5.15 Å². The molecule has 0 atom stereocenters. The summed E-state index contributed by atoms with van der Waals surface area (Å²) >= 11 is 7.89. The molecule has 4 rings (SSSR count). The smallest absolute Gasteiger partial charge is 0.191 e. The molecule has 3 aromatic heterocycles. The van der Waals surface area contributed by atoms with E-state index < -0.39 is 0 Å². The predicted octanol–water partition coefficient (Wildman–Crippen LogP) is 4.41. The van der Waals surface area contributed by atoms with Gasteiger partial charge in [0.05, 0.1) is 18.3 Å². The Morgan fingerprint density at radius 1 is 1.17 bits per heavy atom. The Morgan fingerprint density at radius 2 is 2.08 bits per heavy atom. The van der Waals surface area contributed by atoms with E-state index in [-0.39, 0.29) is 0 Å². The number of para-hydroxylation sites is 1. The fourth-order valence-electron chi connectivity index (χ4n) is 2.41. The average Bonchev–Trinajstić information content (AvgIpc) is 3.25. The highest BCUT2D eigenvalue weighted by Gasteiger charge is 2.10. The number of fused-ring (bicyclic) bond motifs is 1. The summed E-state index contributed by atoms with van der Waals surface area (Å²) in [5.41, 5.74) is 1.88. The highest BCUT2D eigenvalue weighted by molar-refractivity contribution is 7.98. The maximum Gasteiger partial charge on any atom is 0.191 e. The van der Waals surface area contributed by atoms with E-state index in [0.29, 0.717) is 17.5 Å². The van der Waals surface area contributed by atoms with Crippen LogP contribution in [0.5, 0.6) is 0 Å². The number of nitrogens with zero attached hydrogens (tertiary/aromatic N) is 4. The van der Waals surface area contributed by atoms with E-state index >= 15 is 0 Å². The van der Waals surface area contributed by atoms with E-state index in [0.717, 1.165) is 27.4 Å². The second-order valence-electron chi connectivity index (χ2n) is 5.24. The first-order chi connectivity index (χ1) is 11.8. The van der Waals surface area contributed by atoms with Gasteiger partial charge in [-0.3, -0.25) is 0 Å². The Labute approximate surface area is 147 Å². The van der Waals surface area contributed by atoms with Crippen LogP contribution in [0, 0.1) is 0 Å². The van der Waals surface area contributed by atoms with Gasteiger partial charge in [-0.05, 0) is 24.3 Å². The first-order valence-electron chi connectivity index (χ1n) is 7.37. The van der Waals surface area contributed by atoms with Crippen LogP contribution >= 0.6 is 23.4 Å². The van der Waals surface area contributed by atoms with Gasteiger partial charge in [-0.15, -0.1) is 10.2 Å². The number of hydrogen-bond acceptors (Lipinski definition) is 5. The zero-order valence-corrected chi connectivity index (χ0v) is 14.2. The van der Waals surface area contributed by atoms with E-state index in [4.69, 9.17) is 16.0 Å². The SMILES string of the molecule is Clc1nc2ccccc2cc1CSc1nncn1Cc1ccco1.